The number of aromatic nitrogens is 2. The van der Waals surface area contributed by atoms with E-state index in [0.717, 1.165) is 30.8 Å². The maximum Gasteiger partial charge on any atom is 0.237 e. The van der Waals surface area contributed by atoms with Crippen molar-refractivity contribution in [1.82, 2.24) is 20.4 Å². The Bertz CT molecular complexity index is 946. The van der Waals surface area contributed by atoms with Gasteiger partial charge in [-0.2, -0.15) is 5.10 Å². The van der Waals surface area contributed by atoms with Crippen LogP contribution < -0.4 is 5.32 Å². The number of hydrogen-bond donors (Lipinski definition) is 2. The fourth-order valence-electron chi connectivity index (χ4n) is 3.82. The van der Waals surface area contributed by atoms with Crippen molar-refractivity contribution in [1.29, 1.82) is 0 Å². The first-order chi connectivity index (χ1) is 13.7. The Morgan fingerprint density at radius 1 is 1.11 bits per heavy atom. The van der Waals surface area contributed by atoms with Gasteiger partial charge in [-0.3, -0.25) is 14.8 Å². The number of nitrogens with zero attached hydrogens (tertiary/aromatic N) is 2. The standard InChI is InChI=1S/C23H26N4O/c1-3-24-23(28)16(2)27-14-13-21-20(15-27)22(26-25-21)19-11-9-18(10-12-19)17-7-5-4-6-8-17/h4-12,16H,3,13-15H2,1-2H3,(H,24,28)(H,25,26)/t16-/m1/s1. The highest BCUT2D eigenvalue weighted by Crippen LogP contribution is 2.30. The molecule has 3 aromatic rings. The predicted octanol–water partition coefficient (Wildman–Crippen LogP) is 3.63. The molecule has 1 amide bonds. The third-order valence-electron chi connectivity index (χ3n) is 5.51. The molecule has 5 heteroatoms. The fourth-order valence-corrected chi connectivity index (χ4v) is 3.82. The van der Waals surface area contributed by atoms with Crippen molar-refractivity contribution in [2.45, 2.75) is 32.9 Å². The Hall–Kier alpha value is -2.92. The molecule has 0 spiro atoms. The molecule has 1 atom stereocenters. The van der Waals surface area contributed by atoms with E-state index in [2.05, 4.69) is 68.9 Å². The van der Waals surface area contributed by atoms with Crippen molar-refractivity contribution in [2.75, 3.05) is 13.1 Å². The zero-order valence-corrected chi connectivity index (χ0v) is 16.4. The molecule has 5 nitrogen and oxygen atoms in total. The van der Waals surface area contributed by atoms with Crippen LogP contribution in [0.3, 0.4) is 0 Å². The van der Waals surface area contributed by atoms with Crippen molar-refractivity contribution < 1.29 is 4.79 Å². The Kier molecular flexibility index (Phi) is 5.26. The summed E-state index contributed by atoms with van der Waals surface area (Å²) in [7, 11) is 0. The zero-order chi connectivity index (χ0) is 19.5. The summed E-state index contributed by atoms with van der Waals surface area (Å²) in [5, 5.41) is 10.7. The van der Waals surface area contributed by atoms with Gasteiger partial charge in [0, 0.05) is 42.9 Å². The molecule has 2 aromatic carbocycles. The third-order valence-corrected chi connectivity index (χ3v) is 5.51. The summed E-state index contributed by atoms with van der Waals surface area (Å²) in [5.74, 6) is 0.0863. The molecule has 0 saturated heterocycles. The van der Waals surface area contributed by atoms with Crippen molar-refractivity contribution in [3.63, 3.8) is 0 Å². The second kappa shape index (κ2) is 7.98. The van der Waals surface area contributed by atoms with Gasteiger partial charge < -0.3 is 5.32 Å². The van der Waals surface area contributed by atoms with Crippen LogP contribution in [0.5, 0.6) is 0 Å². The van der Waals surface area contributed by atoms with E-state index in [1.54, 1.807) is 0 Å². The average Bonchev–Trinajstić information content (AvgIpc) is 3.17. The summed E-state index contributed by atoms with van der Waals surface area (Å²) in [4.78, 5) is 14.5. The summed E-state index contributed by atoms with van der Waals surface area (Å²) in [6.07, 6.45) is 0.883. The summed E-state index contributed by atoms with van der Waals surface area (Å²) in [6.45, 7) is 6.18. The van der Waals surface area contributed by atoms with Gasteiger partial charge in [-0.25, -0.2) is 0 Å². The molecule has 0 aliphatic carbocycles. The molecule has 2 heterocycles. The largest absolute Gasteiger partial charge is 0.355 e. The number of rotatable bonds is 5. The highest BCUT2D eigenvalue weighted by Gasteiger charge is 2.28. The highest BCUT2D eigenvalue weighted by molar-refractivity contribution is 5.81. The quantitative estimate of drug-likeness (QED) is 0.717. The third kappa shape index (κ3) is 3.58. The molecule has 1 aromatic heterocycles. The monoisotopic (exact) mass is 374 g/mol. The number of hydrogen-bond acceptors (Lipinski definition) is 3. The van der Waals surface area contributed by atoms with Gasteiger partial charge in [0.05, 0.1) is 11.7 Å². The lowest BCUT2D eigenvalue weighted by molar-refractivity contribution is -0.126. The molecular formula is C23H26N4O. The van der Waals surface area contributed by atoms with Gasteiger partial charge in [-0.05, 0) is 25.0 Å². The highest BCUT2D eigenvalue weighted by atomic mass is 16.2. The van der Waals surface area contributed by atoms with Crippen LogP contribution in [-0.4, -0.2) is 40.1 Å². The molecule has 0 saturated carbocycles. The minimum Gasteiger partial charge on any atom is -0.355 e. The van der Waals surface area contributed by atoms with E-state index in [-0.39, 0.29) is 11.9 Å². The number of nitrogens with one attached hydrogen (secondary N) is 2. The Labute approximate surface area is 165 Å². The van der Waals surface area contributed by atoms with E-state index in [4.69, 9.17) is 0 Å². The second-order valence-electron chi connectivity index (χ2n) is 7.26. The number of fused-ring (bicyclic) bond motifs is 1. The lowest BCUT2D eigenvalue weighted by Gasteiger charge is -2.31. The van der Waals surface area contributed by atoms with Crippen LogP contribution in [-0.2, 0) is 17.8 Å². The predicted molar refractivity (Wildman–Crippen MR) is 112 cm³/mol. The molecule has 1 aliphatic heterocycles. The molecule has 0 bridgehead atoms. The number of carbonyl (C=O) groups excluding carboxylic acids is 1. The topological polar surface area (TPSA) is 61.0 Å². The molecule has 28 heavy (non-hydrogen) atoms. The molecule has 2 N–H and O–H groups in total. The SMILES string of the molecule is CCNC(=O)[C@@H](C)N1CCc2[nH]nc(-c3ccc(-c4ccccc4)cc3)c2C1. The van der Waals surface area contributed by atoms with E-state index in [0.29, 0.717) is 6.54 Å². The molecule has 144 valence electrons. The number of benzene rings is 2. The van der Waals surface area contributed by atoms with Crippen molar-refractivity contribution in [2.24, 2.45) is 0 Å². The maximum absolute atomic E-state index is 12.2. The van der Waals surface area contributed by atoms with Crippen LogP contribution in [0.1, 0.15) is 25.1 Å². The number of aromatic amines is 1. The first-order valence-electron chi connectivity index (χ1n) is 9.91. The molecule has 1 aliphatic rings. The summed E-state index contributed by atoms with van der Waals surface area (Å²) in [6, 6.07) is 18.8. The molecule has 0 fully saturated rings. The van der Waals surface area contributed by atoms with Gasteiger partial charge in [0.2, 0.25) is 5.91 Å². The lowest BCUT2D eigenvalue weighted by atomic mass is 9.98. The average molecular weight is 374 g/mol. The molecule has 0 unspecified atom stereocenters. The van der Waals surface area contributed by atoms with Gasteiger partial charge in [-0.1, -0.05) is 54.6 Å². The Morgan fingerprint density at radius 2 is 1.79 bits per heavy atom. The van der Waals surface area contributed by atoms with Crippen LogP contribution >= 0.6 is 0 Å². The summed E-state index contributed by atoms with van der Waals surface area (Å²) >= 11 is 0. The number of likely N-dealkylation sites (N-methyl/N-ethyl adjacent to an activating group) is 1. The minimum atomic E-state index is -0.142. The first-order valence-corrected chi connectivity index (χ1v) is 9.91. The summed E-state index contributed by atoms with van der Waals surface area (Å²) < 4.78 is 0. The van der Waals surface area contributed by atoms with E-state index in [1.807, 2.05) is 19.9 Å². The van der Waals surface area contributed by atoms with E-state index in [1.165, 1.54) is 22.4 Å². The van der Waals surface area contributed by atoms with E-state index >= 15 is 0 Å². The Morgan fingerprint density at radius 3 is 2.50 bits per heavy atom. The van der Waals surface area contributed by atoms with Crippen LogP contribution in [0.15, 0.2) is 54.6 Å². The van der Waals surface area contributed by atoms with Gasteiger partial charge in [-0.15, -0.1) is 0 Å². The lowest BCUT2D eigenvalue weighted by Crippen LogP contribution is -2.46. The zero-order valence-electron chi connectivity index (χ0n) is 16.4. The van der Waals surface area contributed by atoms with Crippen molar-refractivity contribution in [3.05, 3.63) is 65.9 Å². The van der Waals surface area contributed by atoms with Crippen molar-refractivity contribution >= 4 is 5.91 Å². The molecule has 0 radical (unpaired) electrons. The molecule has 4 rings (SSSR count). The van der Waals surface area contributed by atoms with E-state index in [9.17, 15) is 4.79 Å². The van der Waals surface area contributed by atoms with Crippen LogP contribution in [0.4, 0.5) is 0 Å². The van der Waals surface area contributed by atoms with Crippen LogP contribution in [0.25, 0.3) is 22.4 Å². The maximum atomic E-state index is 12.2. The van der Waals surface area contributed by atoms with Gasteiger partial charge in [0.15, 0.2) is 0 Å². The van der Waals surface area contributed by atoms with Crippen molar-refractivity contribution in [3.8, 4) is 22.4 Å². The van der Waals surface area contributed by atoms with Gasteiger partial charge in [0.1, 0.15) is 0 Å². The van der Waals surface area contributed by atoms with Gasteiger partial charge >= 0.3 is 0 Å². The van der Waals surface area contributed by atoms with E-state index < -0.39 is 0 Å². The molecular weight excluding hydrogens is 348 g/mol. The number of carbonyl (C=O) groups is 1. The van der Waals surface area contributed by atoms with Crippen LogP contribution in [0, 0.1) is 0 Å². The normalized spacial score (nSPS) is 15.1. The van der Waals surface area contributed by atoms with Gasteiger partial charge in [0.25, 0.3) is 0 Å². The van der Waals surface area contributed by atoms with Crippen LogP contribution in [0.2, 0.25) is 0 Å². The second-order valence-corrected chi connectivity index (χ2v) is 7.26. The smallest absolute Gasteiger partial charge is 0.237 e. The number of H-pyrrole nitrogens is 1. The Balaban J connectivity index is 1.57. The summed E-state index contributed by atoms with van der Waals surface area (Å²) in [5.41, 5.74) is 6.88. The number of amides is 1. The fraction of sp³-hybridized carbons (Fsp3) is 0.304. The first kappa shape index (κ1) is 18.4. The minimum absolute atomic E-state index is 0.0863.